The molecule has 6 heteroatoms. The first-order valence-corrected chi connectivity index (χ1v) is 6.65. The van der Waals surface area contributed by atoms with Crippen molar-refractivity contribution in [2.45, 2.75) is 50.5 Å². The number of likely N-dealkylation sites (N-methyl/N-ethyl adjacent to an activating group) is 1. The van der Waals surface area contributed by atoms with Gasteiger partial charge < -0.3 is 10.1 Å². The van der Waals surface area contributed by atoms with Crippen molar-refractivity contribution in [1.82, 2.24) is 10.2 Å². The van der Waals surface area contributed by atoms with Gasteiger partial charge in [-0.15, -0.1) is 0 Å². The summed E-state index contributed by atoms with van der Waals surface area (Å²) >= 11 is 0. The molecule has 1 aliphatic heterocycles. The maximum atomic E-state index is 12.7. The van der Waals surface area contributed by atoms with Gasteiger partial charge in [-0.25, -0.2) is 0 Å². The molecule has 0 aromatic rings. The van der Waals surface area contributed by atoms with Crippen LogP contribution in [0.3, 0.4) is 0 Å². The molecule has 1 heterocycles. The molecule has 0 amide bonds. The van der Waals surface area contributed by atoms with E-state index in [0.29, 0.717) is 13.2 Å². The van der Waals surface area contributed by atoms with E-state index >= 15 is 0 Å². The van der Waals surface area contributed by atoms with E-state index in [-0.39, 0.29) is 18.1 Å². The van der Waals surface area contributed by atoms with Crippen LogP contribution in [0, 0.1) is 0 Å². The van der Waals surface area contributed by atoms with E-state index in [1.165, 1.54) is 0 Å². The number of nitrogens with zero attached hydrogens (tertiary/aromatic N) is 1. The fourth-order valence-electron chi connectivity index (χ4n) is 2.68. The Kier molecular flexibility index (Phi) is 4.50. The smallest absolute Gasteiger partial charge is 0.380 e. The van der Waals surface area contributed by atoms with Crippen molar-refractivity contribution in [2.24, 2.45) is 0 Å². The summed E-state index contributed by atoms with van der Waals surface area (Å²) in [7, 11) is 0. The van der Waals surface area contributed by atoms with Gasteiger partial charge in [0.15, 0.2) is 0 Å². The molecule has 0 radical (unpaired) electrons. The number of nitrogens with one attached hydrogen (secondary N) is 1. The lowest BCUT2D eigenvalue weighted by Crippen LogP contribution is -2.57. The molecule has 1 saturated heterocycles. The molecule has 0 bridgehead atoms. The fourth-order valence-corrected chi connectivity index (χ4v) is 2.68. The Hall–Kier alpha value is -0.330. The molecular formula is C12H21F3N2O. The zero-order chi connectivity index (χ0) is 13.2. The molecule has 2 fully saturated rings. The van der Waals surface area contributed by atoms with Crippen LogP contribution in [0.2, 0.25) is 0 Å². The topological polar surface area (TPSA) is 24.5 Å². The standard InChI is InChI=1S/C12H21F3N2O/c1-2-16-10-5-6-18-7-11(10)17(9-3-4-9)8-12(13,14)15/h9-11,16H,2-8H2,1H3. The van der Waals surface area contributed by atoms with Crippen LogP contribution in [0.5, 0.6) is 0 Å². The Morgan fingerprint density at radius 1 is 1.28 bits per heavy atom. The van der Waals surface area contributed by atoms with Gasteiger partial charge in [0.05, 0.1) is 13.2 Å². The number of hydrogen-bond donors (Lipinski definition) is 1. The van der Waals surface area contributed by atoms with E-state index in [1.807, 2.05) is 6.92 Å². The zero-order valence-corrected chi connectivity index (χ0v) is 10.7. The van der Waals surface area contributed by atoms with Crippen molar-refractivity contribution in [3.05, 3.63) is 0 Å². The molecule has 2 unspecified atom stereocenters. The molecule has 0 aromatic heterocycles. The fraction of sp³-hybridized carbons (Fsp3) is 1.00. The van der Waals surface area contributed by atoms with Crippen molar-refractivity contribution in [2.75, 3.05) is 26.3 Å². The monoisotopic (exact) mass is 266 g/mol. The first-order valence-electron chi connectivity index (χ1n) is 6.65. The van der Waals surface area contributed by atoms with Crippen LogP contribution in [0.1, 0.15) is 26.2 Å². The van der Waals surface area contributed by atoms with Crippen LogP contribution >= 0.6 is 0 Å². The Labute approximate surface area is 106 Å². The minimum atomic E-state index is -4.13. The molecule has 3 nitrogen and oxygen atoms in total. The van der Waals surface area contributed by atoms with Gasteiger partial charge in [-0.05, 0) is 25.8 Å². The number of hydrogen-bond acceptors (Lipinski definition) is 3. The first-order chi connectivity index (χ1) is 8.51. The maximum absolute atomic E-state index is 12.7. The normalized spacial score (nSPS) is 29.8. The molecule has 18 heavy (non-hydrogen) atoms. The van der Waals surface area contributed by atoms with Crippen LogP contribution in [-0.2, 0) is 4.74 Å². The molecule has 1 N–H and O–H groups in total. The van der Waals surface area contributed by atoms with Crippen LogP contribution < -0.4 is 5.32 Å². The van der Waals surface area contributed by atoms with E-state index in [1.54, 1.807) is 4.90 Å². The highest BCUT2D eigenvalue weighted by molar-refractivity contribution is 4.95. The third-order valence-corrected chi connectivity index (χ3v) is 3.60. The van der Waals surface area contributed by atoms with Crippen molar-refractivity contribution in [3.63, 3.8) is 0 Å². The minimum absolute atomic E-state index is 0.0967. The van der Waals surface area contributed by atoms with Crippen LogP contribution in [-0.4, -0.2) is 55.5 Å². The Bertz CT molecular complexity index is 267. The van der Waals surface area contributed by atoms with Gasteiger partial charge in [-0.1, -0.05) is 6.92 Å². The summed E-state index contributed by atoms with van der Waals surface area (Å²) in [5.74, 6) is 0. The van der Waals surface area contributed by atoms with Crippen molar-refractivity contribution >= 4 is 0 Å². The van der Waals surface area contributed by atoms with E-state index in [0.717, 1.165) is 25.8 Å². The molecule has 106 valence electrons. The SMILES string of the molecule is CCNC1CCOCC1N(CC(F)(F)F)C1CC1. The highest BCUT2D eigenvalue weighted by atomic mass is 19.4. The number of rotatable bonds is 5. The Morgan fingerprint density at radius 3 is 2.56 bits per heavy atom. The number of halogens is 3. The molecular weight excluding hydrogens is 245 g/mol. The third-order valence-electron chi connectivity index (χ3n) is 3.60. The van der Waals surface area contributed by atoms with Gasteiger partial charge in [0.1, 0.15) is 0 Å². The van der Waals surface area contributed by atoms with E-state index in [2.05, 4.69) is 5.32 Å². The predicted molar refractivity (Wildman–Crippen MR) is 62.5 cm³/mol. The second kappa shape index (κ2) is 5.75. The molecule has 2 atom stereocenters. The van der Waals surface area contributed by atoms with E-state index in [4.69, 9.17) is 4.74 Å². The second-order valence-corrected chi connectivity index (χ2v) is 5.11. The summed E-state index contributed by atoms with van der Waals surface area (Å²) in [5.41, 5.74) is 0. The second-order valence-electron chi connectivity index (χ2n) is 5.11. The first kappa shape index (κ1) is 14.1. The molecule has 1 saturated carbocycles. The Balaban J connectivity index is 2.02. The Morgan fingerprint density at radius 2 is 2.00 bits per heavy atom. The quantitative estimate of drug-likeness (QED) is 0.821. The number of ether oxygens (including phenoxy) is 1. The summed E-state index contributed by atoms with van der Waals surface area (Å²) in [6, 6.07) is 0.0685. The van der Waals surface area contributed by atoms with Gasteiger partial charge >= 0.3 is 6.18 Å². The average molecular weight is 266 g/mol. The van der Waals surface area contributed by atoms with Crippen LogP contribution in [0.25, 0.3) is 0 Å². The molecule has 0 aromatic carbocycles. The van der Waals surface area contributed by atoms with Gasteiger partial charge in [-0.3, -0.25) is 4.90 Å². The molecule has 2 aliphatic rings. The lowest BCUT2D eigenvalue weighted by molar-refractivity contribution is -0.159. The summed E-state index contributed by atoms with van der Waals surface area (Å²) in [6.07, 6.45) is -1.58. The predicted octanol–water partition coefficient (Wildman–Crippen LogP) is 1.78. The largest absolute Gasteiger partial charge is 0.401 e. The van der Waals surface area contributed by atoms with Gasteiger partial charge in [0.2, 0.25) is 0 Å². The van der Waals surface area contributed by atoms with Gasteiger partial charge in [0, 0.05) is 24.7 Å². The zero-order valence-electron chi connectivity index (χ0n) is 10.7. The third kappa shape index (κ3) is 3.83. The van der Waals surface area contributed by atoms with E-state index in [9.17, 15) is 13.2 Å². The maximum Gasteiger partial charge on any atom is 0.401 e. The van der Waals surface area contributed by atoms with E-state index < -0.39 is 12.7 Å². The van der Waals surface area contributed by atoms with Crippen molar-refractivity contribution in [1.29, 1.82) is 0 Å². The molecule has 2 rings (SSSR count). The molecule has 1 aliphatic carbocycles. The highest BCUT2D eigenvalue weighted by Gasteiger charge is 2.44. The van der Waals surface area contributed by atoms with Crippen molar-refractivity contribution < 1.29 is 17.9 Å². The lowest BCUT2D eigenvalue weighted by Gasteiger charge is -2.40. The average Bonchev–Trinajstić information content (AvgIpc) is 3.10. The lowest BCUT2D eigenvalue weighted by atomic mass is 10.0. The number of alkyl halides is 3. The summed E-state index contributed by atoms with van der Waals surface area (Å²) < 4.78 is 43.4. The molecule has 0 spiro atoms. The summed E-state index contributed by atoms with van der Waals surface area (Å²) in [5, 5.41) is 3.29. The van der Waals surface area contributed by atoms with Gasteiger partial charge in [0.25, 0.3) is 0 Å². The summed E-state index contributed by atoms with van der Waals surface area (Å²) in [4.78, 5) is 1.60. The van der Waals surface area contributed by atoms with Crippen molar-refractivity contribution in [3.8, 4) is 0 Å². The summed E-state index contributed by atoms with van der Waals surface area (Å²) in [6.45, 7) is 3.00. The highest BCUT2D eigenvalue weighted by Crippen LogP contribution is 2.33. The van der Waals surface area contributed by atoms with Gasteiger partial charge in [-0.2, -0.15) is 13.2 Å². The van der Waals surface area contributed by atoms with Crippen LogP contribution in [0.15, 0.2) is 0 Å². The minimum Gasteiger partial charge on any atom is -0.380 e. The van der Waals surface area contributed by atoms with Crippen LogP contribution in [0.4, 0.5) is 13.2 Å².